The topological polar surface area (TPSA) is 34.5 Å². The number of carbonyl (C=O) groups excluding carboxylic acids is 1. The summed E-state index contributed by atoms with van der Waals surface area (Å²) in [5, 5.41) is 1.01. The summed E-state index contributed by atoms with van der Waals surface area (Å²) < 4.78 is 7.78. The first-order valence-electron chi connectivity index (χ1n) is 7.65. The molecule has 1 amide bonds. The van der Waals surface area contributed by atoms with Crippen LogP contribution in [0.1, 0.15) is 34.6 Å². The van der Waals surface area contributed by atoms with Crippen LogP contribution in [0.2, 0.25) is 0 Å². The van der Waals surface area contributed by atoms with Crippen LogP contribution in [0.25, 0.3) is 5.00 Å². The van der Waals surface area contributed by atoms with E-state index < -0.39 is 0 Å². The highest BCUT2D eigenvalue weighted by molar-refractivity contribution is 7.15. The Balaban J connectivity index is 1.99. The van der Waals surface area contributed by atoms with Gasteiger partial charge in [-0.1, -0.05) is 0 Å². The molecule has 3 rings (SSSR count). The van der Waals surface area contributed by atoms with Gasteiger partial charge >= 0.3 is 0 Å². The molecule has 1 saturated heterocycles. The summed E-state index contributed by atoms with van der Waals surface area (Å²) in [7, 11) is 0. The molecule has 0 radical (unpaired) electrons. The van der Waals surface area contributed by atoms with Crippen LogP contribution >= 0.6 is 11.3 Å². The summed E-state index contributed by atoms with van der Waals surface area (Å²) in [5.74, 6) is 0.118. The maximum absolute atomic E-state index is 13.1. The molecule has 1 fully saturated rings. The van der Waals surface area contributed by atoms with Gasteiger partial charge in [-0.2, -0.15) is 0 Å². The fraction of sp³-hybridized carbons (Fsp3) is 0.471. The predicted molar refractivity (Wildman–Crippen MR) is 89.0 cm³/mol. The Morgan fingerprint density at radius 1 is 1.18 bits per heavy atom. The third-order valence-corrected chi connectivity index (χ3v) is 5.35. The lowest BCUT2D eigenvalue weighted by atomic mass is 10.1. The zero-order valence-corrected chi connectivity index (χ0v) is 14.3. The van der Waals surface area contributed by atoms with Crippen LogP contribution in [-0.4, -0.2) is 40.7 Å². The molecule has 0 bridgehead atoms. The highest BCUT2D eigenvalue weighted by Gasteiger charge is 2.30. The summed E-state index contributed by atoms with van der Waals surface area (Å²) in [4.78, 5) is 16.2. The third kappa shape index (κ3) is 2.71. The van der Waals surface area contributed by atoms with E-state index in [0.717, 1.165) is 16.1 Å². The monoisotopic (exact) mass is 318 g/mol. The van der Waals surface area contributed by atoms with Gasteiger partial charge in [-0.05, 0) is 45.4 Å². The van der Waals surface area contributed by atoms with E-state index in [0.29, 0.717) is 13.1 Å². The van der Waals surface area contributed by atoms with E-state index >= 15 is 0 Å². The number of aromatic nitrogens is 1. The average molecular weight is 318 g/mol. The van der Waals surface area contributed by atoms with Gasteiger partial charge in [0.1, 0.15) is 5.00 Å². The van der Waals surface area contributed by atoms with E-state index in [1.807, 2.05) is 54.8 Å². The van der Waals surface area contributed by atoms with Gasteiger partial charge < -0.3 is 14.2 Å². The van der Waals surface area contributed by atoms with Crippen LogP contribution in [0.3, 0.4) is 0 Å². The number of aryl methyl sites for hydroxylation is 1. The molecule has 5 heteroatoms. The van der Waals surface area contributed by atoms with Crippen molar-refractivity contribution in [3.8, 4) is 5.00 Å². The molecule has 118 valence electrons. The van der Waals surface area contributed by atoms with Crippen molar-refractivity contribution in [2.75, 3.05) is 13.1 Å². The number of amides is 1. The second-order valence-electron chi connectivity index (χ2n) is 6.02. The molecule has 3 heterocycles. The highest BCUT2D eigenvalue weighted by Crippen LogP contribution is 2.32. The van der Waals surface area contributed by atoms with Crippen molar-refractivity contribution in [2.24, 2.45) is 0 Å². The predicted octanol–water partition coefficient (Wildman–Crippen LogP) is 3.41. The van der Waals surface area contributed by atoms with Crippen molar-refractivity contribution < 1.29 is 9.53 Å². The first-order valence-corrected chi connectivity index (χ1v) is 8.47. The summed E-state index contributed by atoms with van der Waals surface area (Å²) in [6.07, 6.45) is 4.16. The minimum Gasteiger partial charge on any atom is -0.372 e. The van der Waals surface area contributed by atoms with Gasteiger partial charge in [0.05, 0.1) is 17.8 Å². The van der Waals surface area contributed by atoms with Gasteiger partial charge in [0, 0.05) is 30.4 Å². The fourth-order valence-corrected chi connectivity index (χ4v) is 4.13. The first kappa shape index (κ1) is 15.3. The quantitative estimate of drug-likeness (QED) is 0.850. The van der Waals surface area contributed by atoms with Crippen LogP contribution in [-0.2, 0) is 4.74 Å². The van der Waals surface area contributed by atoms with Crippen LogP contribution in [0, 0.1) is 13.8 Å². The summed E-state index contributed by atoms with van der Waals surface area (Å²) in [6, 6.07) is 3.97. The molecule has 2 aromatic heterocycles. The van der Waals surface area contributed by atoms with Crippen molar-refractivity contribution in [1.82, 2.24) is 9.47 Å². The molecule has 0 unspecified atom stereocenters. The Kier molecular flexibility index (Phi) is 4.10. The Labute approximate surface area is 135 Å². The van der Waals surface area contributed by atoms with Crippen LogP contribution in [0.5, 0.6) is 0 Å². The van der Waals surface area contributed by atoms with Crippen molar-refractivity contribution >= 4 is 17.2 Å². The highest BCUT2D eigenvalue weighted by atomic mass is 32.1. The zero-order chi connectivity index (χ0) is 15.9. The number of carbonyl (C=O) groups is 1. The van der Waals surface area contributed by atoms with Gasteiger partial charge in [-0.3, -0.25) is 4.79 Å². The summed E-state index contributed by atoms with van der Waals surface area (Å²) >= 11 is 1.68. The Morgan fingerprint density at radius 2 is 1.77 bits per heavy atom. The van der Waals surface area contributed by atoms with E-state index in [2.05, 4.69) is 6.92 Å². The molecule has 4 nitrogen and oxygen atoms in total. The maximum Gasteiger partial charge on any atom is 0.257 e. The number of hydrogen-bond donors (Lipinski definition) is 0. The third-order valence-electron chi connectivity index (χ3n) is 4.13. The smallest absolute Gasteiger partial charge is 0.257 e. The van der Waals surface area contributed by atoms with E-state index in [9.17, 15) is 4.79 Å². The summed E-state index contributed by atoms with van der Waals surface area (Å²) in [5.41, 5.74) is 1.92. The standard InChI is InChI=1S/C17H22N2O2S/c1-11-9-19(10-12(2)21-11)16(20)15-13(3)14(4)22-17(15)18-7-5-6-8-18/h5-8,11-12H,9-10H2,1-4H3/t11-,12-/m1/s1. The lowest BCUT2D eigenvalue weighted by molar-refractivity contribution is -0.0586. The molecular weight excluding hydrogens is 296 g/mol. The van der Waals surface area contributed by atoms with Crippen molar-refractivity contribution in [1.29, 1.82) is 0 Å². The molecule has 0 N–H and O–H groups in total. The lowest BCUT2D eigenvalue weighted by Crippen LogP contribution is -2.48. The Hall–Kier alpha value is -1.59. The van der Waals surface area contributed by atoms with Crippen molar-refractivity contribution in [3.63, 3.8) is 0 Å². The van der Waals surface area contributed by atoms with Crippen LogP contribution in [0.15, 0.2) is 24.5 Å². The molecule has 0 saturated carbocycles. The Morgan fingerprint density at radius 3 is 2.36 bits per heavy atom. The fourth-order valence-electron chi connectivity index (χ4n) is 3.01. The van der Waals surface area contributed by atoms with E-state index in [-0.39, 0.29) is 18.1 Å². The minimum atomic E-state index is 0.0859. The molecule has 1 aliphatic rings. The molecular formula is C17H22N2O2S. The van der Waals surface area contributed by atoms with Crippen molar-refractivity contribution in [3.05, 3.63) is 40.5 Å². The normalized spacial score (nSPS) is 22.1. The number of morpholine rings is 1. The average Bonchev–Trinajstić information content (AvgIpc) is 3.07. The molecule has 2 aromatic rings. The second kappa shape index (κ2) is 5.89. The second-order valence-corrected chi connectivity index (χ2v) is 7.22. The number of nitrogens with zero attached hydrogens (tertiary/aromatic N) is 2. The molecule has 2 atom stereocenters. The number of ether oxygens (including phenoxy) is 1. The Bertz CT molecular complexity index is 665. The van der Waals surface area contributed by atoms with Crippen LogP contribution in [0.4, 0.5) is 0 Å². The minimum absolute atomic E-state index is 0.0859. The first-order chi connectivity index (χ1) is 10.5. The lowest BCUT2D eigenvalue weighted by Gasteiger charge is -2.35. The SMILES string of the molecule is Cc1sc(-n2cccc2)c(C(=O)N2C[C@@H](C)O[C@H](C)C2)c1C. The summed E-state index contributed by atoms with van der Waals surface area (Å²) in [6.45, 7) is 9.47. The van der Waals surface area contributed by atoms with Gasteiger partial charge in [0.25, 0.3) is 5.91 Å². The molecule has 0 spiro atoms. The molecule has 0 aromatic carbocycles. The van der Waals surface area contributed by atoms with Crippen molar-refractivity contribution in [2.45, 2.75) is 39.9 Å². The van der Waals surface area contributed by atoms with Gasteiger partial charge in [0.2, 0.25) is 0 Å². The number of rotatable bonds is 2. The molecule has 0 aliphatic carbocycles. The van der Waals surface area contributed by atoms with Crippen LogP contribution < -0.4 is 0 Å². The molecule has 1 aliphatic heterocycles. The van der Waals surface area contributed by atoms with E-state index in [4.69, 9.17) is 4.74 Å². The van der Waals surface area contributed by atoms with Gasteiger partial charge in [0.15, 0.2) is 0 Å². The van der Waals surface area contributed by atoms with Gasteiger partial charge in [-0.15, -0.1) is 11.3 Å². The molecule has 22 heavy (non-hydrogen) atoms. The van der Waals surface area contributed by atoms with Gasteiger partial charge in [-0.25, -0.2) is 0 Å². The van der Waals surface area contributed by atoms with E-state index in [1.165, 1.54) is 4.88 Å². The largest absolute Gasteiger partial charge is 0.372 e. The maximum atomic E-state index is 13.1. The number of hydrogen-bond acceptors (Lipinski definition) is 3. The number of thiophene rings is 1. The van der Waals surface area contributed by atoms with E-state index in [1.54, 1.807) is 11.3 Å². The zero-order valence-electron chi connectivity index (χ0n) is 13.5.